The van der Waals surface area contributed by atoms with Crippen LogP contribution in [0.1, 0.15) is 54.9 Å². The second-order valence-electron chi connectivity index (χ2n) is 7.44. The molecule has 0 fully saturated rings. The van der Waals surface area contributed by atoms with Gasteiger partial charge in [-0.25, -0.2) is 0 Å². The molecule has 126 valence electrons. The maximum atomic E-state index is 12.6. The van der Waals surface area contributed by atoms with E-state index in [0.29, 0.717) is 12.3 Å². The van der Waals surface area contributed by atoms with Crippen molar-refractivity contribution in [3.63, 3.8) is 0 Å². The summed E-state index contributed by atoms with van der Waals surface area (Å²) in [5.74, 6) is 0.676. The number of likely N-dealkylation sites (N-methyl/N-ethyl adjacent to an activating group) is 1. The molecule has 0 aliphatic heterocycles. The lowest BCUT2D eigenvalue weighted by atomic mass is 9.85. The first-order valence-corrected chi connectivity index (χ1v) is 8.37. The number of carbonyl (C=O) groups excluding carboxylic acids is 1. The van der Waals surface area contributed by atoms with Gasteiger partial charge in [-0.2, -0.15) is 0 Å². The van der Waals surface area contributed by atoms with E-state index in [-0.39, 0.29) is 17.4 Å². The largest absolute Gasteiger partial charge is 0.341 e. The predicted molar refractivity (Wildman–Crippen MR) is 91.3 cm³/mol. The van der Waals surface area contributed by atoms with Crippen molar-refractivity contribution in [3.8, 4) is 0 Å². The van der Waals surface area contributed by atoms with Gasteiger partial charge in [0.2, 0.25) is 5.91 Å². The van der Waals surface area contributed by atoms with Crippen LogP contribution in [0.4, 0.5) is 0 Å². The van der Waals surface area contributed by atoms with E-state index in [0.717, 1.165) is 32.7 Å². The molecule has 1 unspecified atom stereocenters. The van der Waals surface area contributed by atoms with E-state index in [2.05, 4.69) is 53.4 Å². The van der Waals surface area contributed by atoms with Gasteiger partial charge in [-0.3, -0.25) is 4.79 Å². The van der Waals surface area contributed by atoms with Gasteiger partial charge >= 0.3 is 0 Å². The van der Waals surface area contributed by atoms with Crippen molar-refractivity contribution in [2.75, 3.05) is 32.7 Å². The highest BCUT2D eigenvalue weighted by atomic mass is 16.2. The van der Waals surface area contributed by atoms with Gasteiger partial charge in [-0.05, 0) is 24.4 Å². The first-order valence-electron chi connectivity index (χ1n) is 8.37. The van der Waals surface area contributed by atoms with Crippen molar-refractivity contribution >= 4 is 5.91 Å². The van der Waals surface area contributed by atoms with Crippen LogP contribution in [0.25, 0.3) is 0 Å². The molecule has 0 aliphatic rings. The third kappa shape index (κ3) is 8.42. The Morgan fingerprint density at radius 2 is 1.62 bits per heavy atom. The zero-order chi connectivity index (χ0) is 16.6. The summed E-state index contributed by atoms with van der Waals surface area (Å²) in [5.41, 5.74) is 6.14. The molecule has 0 aromatic heterocycles. The Labute approximate surface area is 132 Å². The second kappa shape index (κ2) is 9.42. The highest BCUT2D eigenvalue weighted by Crippen LogP contribution is 2.20. The summed E-state index contributed by atoms with van der Waals surface area (Å²) in [4.78, 5) is 16.9. The zero-order valence-corrected chi connectivity index (χ0v) is 15.3. The fraction of sp³-hybridized carbons (Fsp3) is 0.941. The van der Waals surface area contributed by atoms with E-state index >= 15 is 0 Å². The molecule has 0 radical (unpaired) electrons. The summed E-state index contributed by atoms with van der Waals surface area (Å²) in [6, 6.07) is -0.0897. The molecule has 0 saturated carbocycles. The van der Waals surface area contributed by atoms with Crippen LogP contribution >= 0.6 is 0 Å². The van der Waals surface area contributed by atoms with Gasteiger partial charge in [0.15, 0.2) is 0 Å². The third-order valence-electron chi connectivity index (χ3n) is 4.03. The molecular weight excluding hydrogens is 262 g/mol. The minimum absolute atomic E-state index is 0.0297. The van der Waals surface area contributed by atoms with Crippen LogP contribution in [0.15, 0.2) is 0 Å². The van der Waals surface area contributed by atoms with Gasteiger partial charge in [0.05, 0.1) is 0 Å². The molecule has 1 amide bonds. The van der Waals surface area contributed by atoms with Crippen molar-refractivity contribution < 1.29 is 4.79 Å². The standard InChI is InChI=1S/C17H37N3O/c1-8-19(9-2)10-11-20(13-14(3)4)16(21)12-15(18)17(5,6)7/h14-15H,8-13,18H2,1-7H3. The molecule has 0 spiro atoms. The maximum absolute atomic E-state index is 12.6. The summed E-state index contributed by atoms with van der Waals surface area (Å²) in [6.07, 6.45) is 0.439. The molecule has 0 heterocycles. The molecular formula is C17H37N3O. The van der Waals surface area contributed by atoms with E-state index in [1.54, 1.807) is 0 Å². The average Bonchev–Trinajstić information content (AvgIpc) is 2.36. The topological polar surface area (TPSA) is 49.6 Å². The van der Waals surface area contributed by atoms with Crippen molar-refractivity contribution in [2.24, 2.45) is 17.1 Å². The van der Waals surface area contributed by atoms with Gasteiger partial charge in [-0.1, -0.05) is 48.5 Å². The van der Waals surface area contributed by atoms with Crippen LogP contribution in [-0.4, -0.2) is 54.5 Å². The SMILES string of the molecule is CCN(CC)CCN(CC(C)C)C(=O)CC(N)C(C)(C)C. The molecule has 1 atom stereocenters. The van der Waals surface area contributed by atoms with Gasteiger partial charge in [0, 0.05) is 32.1 Å². The Morgan fingerprint density at radius 3 is 2.00 bits per heavy atom. The number of hydrogen-bond acceptors (Lipinski definition) is 3. The Morgan fingerprint density at radius 1 is 1.10 bits per heavy atom. The zero-order valence-electron chi connectivity index (χ0n) is 15.3. The van der Waals surface area contributed by atoms with Crippen LogP contribution < -0.4 is 5.73 Å². The molecule has 0 aromatic carbocycles. The van der Waals surface area contributed by atoms with E-state index in [4.69, 9.17) is 5.73 Å². The molecule has 21 heavy (non-hydrogen) atoms. The van der Waals surface area contributed by atoms with Crippen LogP contribution in [0.5, 0.6) is 0 Å². The first kappa shape index (κ1) is 20.4. The molecule has 0 bridgehead atoms. The Kier molecular flexibility index (Phi) is 9.14. The molecule has 0 saturated heterocycles. The summed E-state index contributed by atoms with van der Waals surface area (Å²) in [5, 5.41) is 0. The van der Waals surface area contributed by atoms with E-state index < -0.39 is 0 Å². The third-order valence-corrected chi connectivity index (χ3v) is 4.03. The van der Waals surface area contributed by atoms with Crippen molar-refractivity contribution in [3.05, 3.63) is 0 Å². The quantitative estimate of drug-likeness (QED) is 0.712. The van der Waals surface area contributed by atoms with Crippen LogP contribution in [0.3, 0.4) is 0 Å². The van der Waals surface area contributed by atoms with Crippen LogP contribution in [0, 0.1) is 11.3 Å². The second-order valence-corrected chi connectivity index (χ2v) is 7.44. The molecule has 0 aliphatic carbocycles. The van der Waals surface area contributed by atoms with Crippen molar-refractivity contribution in [2.45, 2.75) is 60.9 Å². The Hall–Kier alpha value is -0.610. The molecule has 4 heteroatoms. The van der Waals surface area contributed by atoms with Crippen molar-refractivity contribution in [1.82, 2.24) is 9.80 Å². The van der Waals surface area contributed by atoms with Crippen LogP contribution in [0.2, 0.25) is 0 Å². The minimum Gasteiger partial charge on any atom is -0.341 e. The van der Waals surface area contributed by atoms with E-state index in [9.17, 15) is 4.79 Å². The lowest BCUT2D eigenvalue weighted by Gasteiger charge is -2.32. The number of hydrogen-bond donors (Lipinski definition) is 1. The minimum atomic E-state index is -0.0897. The maximum Gasteiger partial charge on any atom is 0.224 e. The smallest absolute Gasteiger partial charge is 0.224 e. The normalized spacial score (nSPS) is 13.8. The highest BCUT2D eigenvalue weighted by molar-refractivity contribution is 5.77. The molecule has 0 rings (SSSR count). The van der Waals surface area contributed by atoms with Gasteiger partial charge in [0.1, 0.15) is 0 Å². The van der Waals surface area contributed by atoms with E-state index in [1.807, 2.05) is 4.90 Å². The van der Waals surface area contributed by atoms with Gasteiger partial charge in [-0.15, -0.1) is 0 Å². The first-order chi connectivity index (χ1) is 9.61. The molecule has 4 nitrogen and oxygen atoms in total. The molecule has 2 N–H and O–H groups in total. The highest BCUT2D eigenvalue weighted by Gasteiger charge is 2.26. The van der Waals surface area contributed by atoms with Crippen LogP contribution in [-0.2, 0) is 4.79 Å². The number of nitrogens with two attached hydrogens (primary N) is 1. The number of amides is 1. The summed E-state index contributed by atoms with van der Waals surface area (Å²) in [6.45, 7) is 19.5. The fourth-order valence-electron chi connectivity index (χ4n) is 2.18. The summed E-state index contributed by atoms with van der Waals surface area (Å²) < 4.78 is 0. The van der Waals surface area contributed by atoms with E-state index in [1.165, 1.54) is 0 Å². The summed E-state index contributed by atoms with van der Waals surface area (Å²) >= 11 is 0. The number of rotatable bonds is 9. The number of carbonyl (C=O) groups is 1. The lowest BCUT2D eigenvalue weighted by Crippen LogP contribution is -2.45. The van der Waals surface area contributed by atoms with Gasteiger partial charge < -0.3 is 15.5 Å². The lowest BCUT2D eigenvalue weighted by molar-refractivity contribution is -0.132. The average molecular weight is 300 g/mol. The number of nitrogens with zero attached hydrogens (tertiary/aromatic N) is 2. The summed E-state index contributed by atoms with van der Waals surface area (Å²) in [7, 11) is 0. The Bertz CT molecular complexity index is 293. The van der Waals surface area contributed by atoms with Gasteiger partial charge in [0.25, 0.3) is 0 Å². The van der Waals surface area contributed by atoms with Crippen molar-refractivity contribution in [1.29, 1.82) is 0 Å². The fourth-order valence-corrected chi connectivity index (χ4v) is 2.18. The molecule has 0 aromatic rings. The monoisotopic (exact) mass is 299 g/mol. The predicted octanol–water partition coefficient (Wildman–Crippen LogP) is 2.58. The Balaban J connectivity index is 4.62.